The number of amides is 2. The molecule has 10 heteroatoms. The van der Waals surface area contributed by atoms with E-state index in [1.54, 1.807) is 6.07 Å². The largest absolute Gasteiger partial charge is 0.368 e. The third-order valence-corrected chi connectivity index (χ3v) is 5.54. The molecule has 3 rings (SSSR count). The Balaban J connectivity index is 1.56. The Bertz CT molecular complexity index is 987. The van der Waals surface area contributed by atoms with E-state index in [4.69, 9.17) is 16.7 Å². The zero-order chi connectivity index (χ0) is 20.3. The number of rotatable bonds is 3. The molecule has 3 N–H and O–H groups in total. The van der Waals surface area contributed by atoms with Gasteiger partial charge in [0.1, 0.15) is 0 Å². The Kier molecular flexibility index (Phi) is 5.87. The standard InChI is InChI=1S/C18H19ClN4O4S/c19-13-2-1-3-15(12-13)22-8-10-23(11-9-22)18(25)17(24)21-14-4-6-16(7-5-14)28(20,26)27/h1-7,12H,8-11H2,(H,21,24)(H2,20,26,27). The molecule has 2 amide bonds. The highest BCUT2D eigenvalue weighted by molar-refractivity contribution is 7.89. The molecule has 0 aliphatic carbocycles. The van der Waals surface area contributed by atoms with Gasteiger partial charge in [-0.25, -0.2) is 13.6 Å². The van der Waals surface area contributed by atoms with E-state index in [0.29, 0.717) is 36.9 Å². The molecule has 0 atom stereocenters. The normalized spacial score (nSPS) is 14.6. The number of carbonyl (C=O) groups excluding carboxylic acids is 2. The highest BCUT2D eigenvalue weighted by Crippen LogP contribution is 2.21. The van der Waals surface area contributed by atoms with Crippen LogP contribution >= 0.6 is 11.6 Å². The van der Waals surface area contributed by atoms with E-state index in [1.165, 1.54) is 29.2 Å². The lowest BCUT2D eigenvalue weighted by Crippen LogP contribution is -2.51. The molecule has 1 saturated heterocycles. The number of nitrogens with zero attached hydrogens (tertiary/aromatic N) is 2. The number of halogens is 1. The van der Waals surface area contributed by atoms with E-state index >= 15 is 0 Å². The summed E-state index contributed by atoms with van der Waals surface area (Å²) in [5, 5.41) is 8.14. The van der Waals surface area contributed by atoms with Crippen molar-refractivity contribution >= 4 is 44.8 Å². The molecule has 148 valence electrons. The number of hydrogen-bond donors (Lipinski definition) is 2. The monoisotopic (exact) mass is 422 g/mol. The van der Waals surface area contributed by atoms with Crippen molar-refractivity contribution in [1.29, 1.82) is 0 Å². The lowest BCUT2D eigenvalue weighted by atomic mass is 10.2. The van der Waals surface area contributed by atoms with Gasteiger partial charge in [0.05, 0.1) is 4.90 Å². The van der Waals surface area contributed by atoms with Gasteiger partial charge < -0.3 is 15.1 Å². The van der Waals surface area contributed by atoms with Crippen molar-refractivity contribution in [2.75, 3.05) is 36.4 Å². The number of piperazine rings is 1. The summed E-state index contributed by atoms with van der Waals surface area (Å²) in [5.41, 5.74) is 1.28. The van der Waals surface area contributed by atoms with E-state index in [2.05, 4.69) is 10.2 Å². The van der Waals surface area contributed by atoms with Crippen LogP contribution in [-0.2, 0) is 19.6 Å². The van der Waals surface area contributed by atoms with Crippen molar-refractivity contribution in [3.05, 3.63) is 53.6 Å². The Morgan fingerprint density at radius 3 is 2.21 bits per heavy atom. The van der Waals surface area contributed by atoms with Crippen LogP contribution in [0.5, 0.6) is 0 Å². The molecule has 0 radical (unpaired) electrons. The van der Waals surface area contributed by atoms with Crippen molar-refractivity contribution in [1.82, 2.24) is 4.90 Å². The van der Waals surface area contributed by atoms with Crippen LogP contribution in [0.2, 0.25) is 5.02 Å². The first kappa shape index (κ1) is 20.1. The number of primary sulfonamides is 1. The second kappa shape index (κ2) is 8.17. The smallest absolute Gasteiger partial charge is 0.313 e. The minimum atomic E-state index is -3.81. The predicted octanol–water partition coefficient (Wildman–Crippen LogP) is 1.27. The quantitative estimate of drug-likeness (QED) is 0.723. The summed E-state index contributed by atoms with van der Waals surface area (Å²) in [5.74, 6) is -1.42. The summed E-state index contributed by atoms with van der Waals surface area (Å²) in [6, 6.07) is 12.7. The maximum atomic E-state index is 12.4. The van der Waals surface area contributed by atoms with Crippen LogP contribution in [0.3, 0.4) is 0 Å². The lowest BCUT2D eigenvalue weighted by Gasteiger charge is -2.35. The third-order valence-electron chi connectivity index (χ3n) is 4.38. The number of nitrogens with two attached hydrogens (primary N) is 1. The fraction of sp³-hybridized carbons (Fsp3) is 0.222. The van der Waals surface area contributed by atoms with Gasteiger partial charge in [-0.3, -0.25) is 9.59 Å². The molecule has 8 nitrogen and oxygen atoms in total. The predicted molar refractivity (Wildman–Crippen MR) is 107 cm³/mol. The Hall–Kier alpha value is -2.62. The Morgan fingerprint density at radius 2 is 1.64 bits per heavy atom. The summed E-state index contributed by atoms with van der Waals surface area (Å²) < 4.78 is 22.5. The van der Waals surface area contributed by atoms with Gasteiger partial charge in [0.25, 0.3) is 0 Å². The average molecular weight is 423 g/mol. The molecule has 28 heavy (non-hydrogen) atoms. The van der Waals surface area contributed by atoms with Crippen LogP contribution in [0, 0.1) is 0 Å². The van der Waals surface area contributed by atoms with Crippen LogP contribution in [-0.4, -0.2) is 51.3 Å². The summed E-state index contributed by atoms with van der Waals surface area (Å²) in [6.45, 7) is 1.98. The first-order valence-electron chi connectivity index (χ1n) is 8.48. The zero-order valence-corrected chi connectivity index (χ0v) is 16.4. The molecule has 0 spiro atoms. The van der Waals surface area contributed by atoms with Crippen LogP contribution < -0.4 is 15.4 Å². The van der Waals surface area contributed by atoms with E-state index in [0.717, 1.165) is 5.69 Å². The van der Waals surface area contributed by atoms with Crippen LogP contribution in [0.1, 0.15) is 0 Å². The van der Waals surface area contributed by atoms with E-state index in [-0.39, 0.29) is 4.90 Å². The van der Waals surface area contributed by atoms with Gasteiger partial charge in [-0.1, -0.05) is 17.7 Å². The first-order valence-corrected chi connectivity index (χ1v) is 10.4. The number of benzene rings is 2. The molecule has 1 heterocycles. The molecule has 2 aromatic carbocycles. The SMILES string of the molecule is NS(=O)(=O)c1ccc(NC(=O)C(=O)N2CCN(c3cccc(Cl)c3)CC2)cc1. The van der Waals surface area contributed by atoms with Crippen molar-refractivity contribution in [2.24, 2.45) is 5.14 Å². The minimum Gasteiger partial charge on any atom is -0.368 e. The van der Waals surface area contributed by atoms with Crippen molar-refractivity contribution in [3.8, 4) is 0 Å². The number of anilines is 2. The molecule has 2 aromatic rings. The van der Waals surface area contributed by atoms with Crippen LogP contribution in [0.15, 0.2) is 53.4 Å². The Morgan fingerprint density at radius 1 is 1.00 bits per heavy atom. The third kappa shape index (κ3) is 4.80. The van der Waals surface area contributed by atoms with Crippen LogP contribution in [0.25, 0.3) is 0 Å². The minimum absolute atomic E-state index is 0.0750. The fourth-order valence-electron chi connectivity index (χ4n) is 2.90. The first-order chi connectivity index (χ1) is 13.2. The summed E-state index contributed by atoms with van der Waals surface area (Å²) in [6.07, 6.45) is 0. The number of carbonyl (C=O) groups is 2. The molecule has 0 saturated carbocycles. The van der Waals surface area contributed by atoms with Crippen molar-refractivity contribution < 1.29 is 18.0 Å². The molecule has 1 aliphatic heterocycles. The Labute approximate surface area is 167 Å². The van der Waals surface area contributed by atoms with Crippen LogP contribution in [0.4, 0.5) is 11.4 Å². The molecule has 1 aliphatic rings. The van der Waals surface area contributed by atoms with E-state index < -0.39 is 21.8 Å². The van der Waals surface area contributed by atoms with Gasteiger partial charge in [0, 0.05) is 42.6 Å². The maximum absolute atomic E-state index is 12.4. The van der Waals surface area contributed by atoms with E-state index in [1.807, 2.05) is 18.2 Å². The van der Waals surface area contributed by atoms with Crippen molar-refractivity contribution in [3.63, 3.8) is 0 Å². The van der Waals surface area contributed by atoms with Gasteiger partial charge in [-0.05, 0) is 42.5 Å². The zero-order valence-electron chi connectivity index (χ0n) is 14.8. The number of sulfonamides is 1. The summed E-state index contributed by atoms with van der Waals surface area (Å²) in [4.78, 5) is 28.1. The second-order valence-corrected chi connectivity index (χ2v) is 8.28. The molecular formula is C18H19ClN4O4S. The fourth-order valence-corrected chi connectivity index (χ4v) is 3.60. The second-order valence-electron chi connectivity index (χ2n) is 6.28. The van der Waals surface area contributed by atoms with Gasteiger partial charge in [-0.2, -0.15) is 0 Å². The van der Waals surface area contributed by atoms with Gasteiger partial charge in [0.15, 0.2) is 0 Å². The molecule has 0 aromatic heterocycles. The van der Waals surface area contributed by atoms with Crippen molar-refractivity contribution in [2.45, 2.75) is 4.90 Å². The maximum Gasteiger partial charge on any atom is 0.313 e. The summed E-state index contributed by atoms with van der Waals surface area (Å²) >= 11 is 6.01. The lowest BCUT2D eigenvalue weighted by molar-refractivity contribution is -0.143. The highest BCUT2D eigenvalue weighted by Gasteiger charge is 2.26. The molecule has 1 fully saturated rings. The van der Waals surface area contributed by atoms with Gasteiger partial charge >= 0.3 is 11.8 Å². The van der Waals surface area contributed by atoms with Gasteiger partial charge in [0.2, 0.25) is 10.0 Å². The van der Waals surface area contributed by atoms with E-state index in [9.17, 15) is 18.0 Å². The molecular weight excluding hydrogens is 404 g/mol. The summed E-state index contributed by atoms with van der Waals surface area (Å²) in [7, 11) is -3.81. The number of nitrogens with one attached hydrogen (secondary N) is 1. The highest BCUT2D eigenvalue weighted by atomic mass is 35.5. The topological polar surface area (TPSA) is 113 Å². The van der Waals surface area contributed by atoms with Gasteiger partial charge in [-0.15, -0.1) is 0 Å². The molecule has 0 bridgehead atoms. The molecule has 0 unspecified atom stereocenters. The number of hydrogen-bond acceptors (Lipinski definition) is 5. The average Bonchev–Trinajstić information content (AvgIpc) is 2.67.